The van der Waals surface area contributed by atoms with E-state index in [4.69, 9.17) is 5.73 Å². The number of nitrogens with zero attached hydrogens (tertiary/aromatic N) is 2. The highest BCUT2D eigenvalue weighted by atomic mass is 127. The van der Waals surface area contributed by atoms with E-state index in [0.29, 0.717) is 19.5 Å². The molecule has 0 heterocycles. The fraction of sp³-hybridized carbons (Fsp3) is 0.533. The zero-order valence-electron chi connectivity index (χ0n) is 13.4. The van der Waals surface area contributed by atoms with Crippen molar-refractivity contribution < 1.29 is 13.2 Å². The second kappa shape index (κ2) is 10.7. The summed E-state index contributed by atoms with van der Waals surface area (Å²) in [6.45, 7) is 1.86. The first kappa shape index (κ1) is 22.0. The lowest BCUT2D eigenvalue weighted by atomic mass is 10.1. The van der Waals surface area contributed by atoms with E-state index in [0.717, 1.165) is 12.1 Å². The van der Waals surface area contributed by atoms with E-state index in [1.165, 1.54) is 17.5 Å². The number of nitrogens with two attached hydrogens (primary N) is 1. The molecule has 0 unspecified atom stereocenters. The second-order valence-corrected chi connectivity index (χ2v) is 5.15. The Kier molecular flexibility index (Phi) is 10.2. The van der Waals surface area contributed by atoms with E-state index in [1.54, 1.807) is 0 Å². The standard InChI is InChI=1S/C15H23F3N4.HI/c1-3-12-6-4-7-13(10-12)21-14(19)20-8-5-9-22(2)11-15(16,17)18;/h4,6-7,10H,3,5,8-9,11H2,1-2H3,(H3,19,20,21);1H. The molecule has 0 aliphatic rings. The molecule has 0 saturated carbocycles. The van der Waals surface area contributed by atoms with E-state index < -0.39 is 12.7 Å². The zero-order valence-corrected chi connectivity index (χ0v) is 15.7. The second-order valence-electron chi connectivity index (χ2n) is 5.15. The van der Waals surface area contributed by atoms with Crippen molar-refractivity contribution in [1.29, 1.82) is 0 Å². The molecular weight excluding hydrogens is 420 g/mol. The molecule has 0 saturated heterocycles. The lowest BCUT2D eigenvalue weighted by Crippen LogP contribution is -2.32. The first-order valence-electron chi connectivity index (χ1n) is 7.21. The van der Waals surface area contributed by atoms with Crippen LogP contribution in [0.3, 0.4) is 0 Å². The quantitative estimate of drug-likeness (QED) is 0.293. The minimum atomic E-state index is -4.16. The molecule has 132 valence electrons. The minimum absolute atomic E-state index is 0. The van der Waals surface area contributed by atoms with Gasteiger partial charge >= 0.3 is 6.18 Å². The number of hydrogen-bond donors (Lipinski definition) is 2. The van der Waals surface area contributed by atoms with Crippen molar-refractivity contribution in [2.75, 3.05) is 32.0 Å². The van der Waals surface area contributed by atoms with Crippen LogP contribution in [0, 0.1) is 0 Å². The predicted octanol–water partition coefficient (Wildman–Crippen LogP) is 3.48. The summed E-state index contributed by atoms with van der Waals surface area (Å²) in [5.41, 5.74) is 7.80. The number of aliphatic imine (C=N–C) groups is 1. The molecule has 4 nitrogen and oxygen atoms in total. The van der Waals surface area contributed by atoms with E-state index in [9.17, 15) is 13.2 Å². The van der Waals surface area contributed by atoms with Gasteiger partial charge < -0.3 is 11.1 Å². The third-order valence-corrected chi connectivity index (χ3v) is 3.04. The van der Waals surface area contributed by atoms with Crippen molar-refractivity contribution in [3.63, 3.8) is 0 Å². The molecular formula is C15H24F3IN4. The van der Waals surface area contributed by atoms with E-state index in [2.05, 4.69) is 17.2 Å². The zero-order chi connectivity index (χ0) is 16.6. The molecule has 1 aromatic carbocycles. The largest absolute Gasteiger partial charge is 0.401 e. The Labute approximate surface area is 152 Å². The van der Waals surface area contributed by atoms with Crippen molar-refractivity contribution in [3.8, 4) is 0 Å². The van der Waals surface area contributed by atoms with Gasteiger partial charge in [0.15, 0.2) is 5.96 Å². The van der Waals surface area contributed by atoms with Gasteiger partial charge in [-0.1, -0.05) is 19.1 Å². The van der Waals surface area contributed by atoms with Gasteiger partial charge in [-0.2, -0.15) is 13.2 Å². The van der Waals surface area contributed by atoms with Crippen LogP contribution in [-0.4, -0.2) is 43.7 Å². The highest BCUT2D eigenvalue weighted by Crippen LogP contribution is 2.15. The van der Waals surface area contributed by atoms with Crippen LogP contribution >= 0.6 is 24.0 Å². The van der Waals surface area contributed by atoms with Crippen LogP contribution in [0.1, 0.15) is 18.9 Å². The van der Waals surface area contributed by atoms with E-state index >= 15 is 0 Å². The van der Waals surface area contributed by atoms with Crippen molar-refractivity contribution >= 4 is 35.6 Å². The summed E-state index contributed by atoms with van der Waals surface area (Å²) in [6, 6.07) is 7.83. The molecule has 0 atom stereocenters. The Morgan fingerprint density at radius 1 is 1.35 bits per heavy atom. The molecule has 0 aliphatic carbocycles. The highest BCUT2D eigenvalue weighted by Gasteiger charge is 2.28. The van der Waals surface area contributed by atoms with Gasteiger partial charge in [0.1, 0.15) is 0 Å². The molecule has 0 amide bonds. The first-order valence-corrected chi connectivity index (χ1v) is 7.21. The Morgan fingerprint density at radius 3 is 2.65 bits per heavy atom. The first-order chi connectivity index (χ1) is 10.3. The lowest BCUT2D eigenvalue weighted by molar-refractivity contribution is -0.143. The Balaban J connectivity index is 0.00000484. The summed E-state index contributed by atoms with van der Waals surface area (Å²) >= 11 is 0. The summed E-state index contributed by atoms with van der Waals surface area (Å²) in [7, 11) is 1.44. The van der Waals surface area contributed by atoms with Crippen molar-refractivity contribution in [1.82, 2.24) is 4.90 Å². The van der Waals surface area contributed by atoms with Gasteiger partial charge in [-0.25, -0.2) is 0 Å². The number of aryl methyl sites for hydroxylation is 1. The van der Waals surface area contributed by atoms with Gasteiger partial charge in [-0.15, -0.1) is 24.0 Å². The number of nitrogens with one attached hydrogen (secondary N) is 1. The van der Waals surface area contributed by atoms with Crippen LogP contribution in [0.5, 0.6) is 0 Å². The molecule has 0 fully saturated rings. The van der Waals surface area contributed by atoms with Crippen molar-refractivity contribution in [2.24, 2.45) is 10.7 Å². The van der Waals surface area contributed by atoms with Crippen molar-refractivity contribution in [2.45, 2.75) is 25.9 Å². The monoisotopic (exact) mass is 444 g/mol. The lowest BCUT2D eigenvalue weighted by Gasteiger charge is -2.17. The molecule has 3 N–H and O–H groups in total. The smallest absolute Gasteiger partial charge is 0.370 e. The predicted molar refractivity (Wildman–Crippen MR) is 99.5 cm³/mol. The number of anilines is 1. The average Bonchev–Trinajstić information content (AvgIpc) is 2.42. The van der Waals surface area contributed by atoms with Crippen LogP contribution in [0.4, 0.5) is 18.9 Å². The molecule has 0 aliphatic heterocycles. The molecule has 8 heteroatoms. The summed E-state index contributed by atoms with van der Waals surface area (Å²) in [5.74, 6) is 0.270. The topological polar surface area (TPSA) is 53.6 Å². The summed E-state index contributed by atoms with van der Waals surface area (Å²) in [6.07, 6.45) is -2.72. The van der Waals surface area contributed by atoms with Gasteiger partial charge in [0.05, 0.1) is 6.54 Å². The van der Waals surface area contributed by atoms with Crippen LogP contribution < -0.4 is 11.1 Å². The third kappa shape index (κ3) is 10.4. The molecule has 0 aromatic heterocycles. The number of rotatable bonds is 7. The SMILES string of the molecule is CCc1cccc(NC(N)=NCCCN(C)CC(F)(F)F)c1.I. The van der Waals surface area contributed by atoms with Crippen LogP contribution in [0.2, 0.25) is 0 Å². The van der Waals surface area contributed by atoms with Crippen LogP contribution in [-0.2, 0) is 6.42 Å². The number of guanidine groups is 1. The molecule has 0 spiro atoms. The third-order valence-electron chi connectivity index (χ3n) is 3.04. The maximum absolute atomic E-state index is 12.1. The highest BCUT2D eigenvalue weighted by molar-refractivity contribution is 14.0. The molecule has 23 heavy (non-hydrogen) atoms. The number of benzene rings is 1. The summed E-state index contributed by atoms with van der Waals surface area (Å²) in [5, 5.41) is 2.98. The molecule has 1 rings (SSSR count). The van der Waals surface area contributed by atoms with Gasteiger partial charge in [0.25, 0.3) is 0 Å². The Bertz CT molecular complexity index is 492. The summed E-state index contributed by atoms with van der Waals surface area (Å²) in [4.78, 5) is 5.34. The minimum Gasteiger partial charge on any atom is -0.370 e. The molecule has 0 radical (unpaired) electrons. The Hall–Kier alpha value is -1.03. The normalized spacial score (nSPS) is 12.2. The maximum atomic E-state index is 12.1. The maximum Gasteiger partial charge on any atom is 0.401 e. The number of hydrogen-bond acceptors (Lipinski definition) is 2. The number of halogens is 4. The number of alkyl halides is 3. The summed E-state index contributed by atoms with van der Waals surface area (Å²) < 4.78 is 36.4. The van der Waals surface area contributed by atoms with Crippen LogP contribution in [0.15, 0.2) is 29.3 Å². The van der Waals surface area contributed by atoms with Gasteiger partial charge in [0.2, 0.25) is 0 Å². The average molecular weight is 444 g/mol. The van der Waals surface area contributed by atoms with Gasteiger partial charge in [-0.05, 0) is 44.1 Å². The fourth-order valence-electron chi connectivity index (χ4n) is 1.98. The Morgan fingerprint density at radius 2 is 2.04 bits per heavy atom. The molecule has 1 aromatic rings. The van der Waals surface area contributed by atoms with Gasteiger partial charge in [0, 0.05) is 12.2 Å². The van der Waals surface area contributed by atoms with Crippen LogP contribution in [0.25, 0.3) is 0 Å². The van der Waals surface area contributed by atoms with E-state index in [-0.39, 0.29) is 29.9 Å². The molecule has 0 bridgehead atoms. The van der Waals surface area contributed by atoms with E-state index in [1.807, 2.05) is 24.3 Å². The fourth-order valence-corrected chi connectivity index (χ4v) is 1.98. The van der Waals surface area contributed by atoms with Crippen molar-refractivity contribution in [3.05, 3.63) is 29.8 Å². The van der Waals surface area contributed by atoms with Gasteiger partial charge in [-0.3, -0.25) is 9.89 Å².